The van der Waals surface area contributed by atoms with Gasteiger partial charge in [0.1, 0.15) is 11.5 Å². The van der Waals surface area contributed by atoms with Crippen LogP contribution in [0, 0.1) is 63.1 Å². The van der Waals surface area contributed by atoms with Crippen LogP contribution in [0.15, 0.2) is 34.7 Å². The van der Waals surface area contributed by atoms with Crippen molar-refractivity contribution in [2.24, 2.45) is 16.7 Å². The normalized spacial score (nSPS) is 31.3. The smallest absolute Gasteiger partial charge is 0.245 e. The standard InChI is InChI=1S/C21H14Cl2N4O3/c1-11-3-6-16(28-11)17-19(8-24,9-25)20(10-26)12(2)21(29-17,30-18(20)27)14-5-4-13(22)7-15(14)23/h3-7,12,17,27H,1-2H3. The molecule has 3 heterocycles. The van der Waals surface area contributed by atoms with Gasteiger partial charge < -0.3 is 13.9 Å². The molecule has 0 amide bonds. The number of furan rings is 1. The summed E-state index contributed by atoms with van der Waals surface area (Å²) in [5.74, 6) is -2.44. The highest BCUT2D eigenvalue weighted by Crippen LogP contribution is 2.69. The third-order valence-electron chi connectivity index (χ3n) is 5.99. The molecule has 1 aromatic heterocycles. The van der Waals surface area contributed by atoms with Crippen molar-refractivity contribution < 1.29 is 13.9 Å². The number of nitriles is 3. The van der Waals surface area contributed by atoms with Crippen LogP contribution in [0.4, 0.5) is 0 Å². The number of benzene rings is 1. The van der Waals surface area contributed by atoms with Gasteiger partial charge in [-0.15, -0.1) is 0 Å². The Morgan fingerprint density at radius 2 is 1.77 bits per heavy atom. The zero-order valence-electron chi connectivity index (χ0n) is 15.9. The maximum atomic E-state index is 10.2. The Bertz CT molecular complexity index is 1190. The fraction of sp³-hybridized carbons (Fsp3) is 0.333. The van der Waals surface area contributed by atoms with Gasteiger partial charge in [-0.05, 0) is 37.3 Å². The second-order valence-corrected chi connectivity index (χ2v) is 8.19. The minimum Gasteiger partial charge on any atom is -0.464 e. The number of rotatable bonds is 2. The molecule has 2 aromatic rings. The number of halogens is 2. The molecule has 0 aliphatic carbocycles. The van der Waals surface area contributed by atoms with Crippen LogP contribution in [0.3, 0.4) is 0 Å². The van der Waals surface area contributed by atoms with Gasteiger partial charge in [-0.1, -0.05) is 30.1 Å². The molecule has 2 aliphatic rings. The second kappa shape index (κ2) is 6.49. The zero-order valence-corrected chi connectivity index (χ0v) is 17.4. The Labute approximate surface area is 182 Å². The highest BCUT2D eigenvalue weighted by molar-refractivity contribution is 6.35. The van der Waals surface area contributed by atoms with Crippen molar-refractivity contribution in [3.63, 3.8) is 0 Å². The van der Waals surface area contributed by atoms with Gasteiger partial charge in [0.05, 0.1) is 29.1 Å². The van der Waals surface area contributed by atoms with Crippen LogP contribution in [0.1, 0.15) is 30.1 Å². The van der Waals surface area contributed by atoms with Crippen molar-refractivity contribution in [1.82, 2.24) is 0 Å². The first kappa shape index (κ1) is 20.3. The van der Waals surface area contributed by atoms with E-state index in [9.17, 15) is 15.8 Å². The number of nitrogens with one attached hydrogen (secondary N) is 1. The monoisotopic (exact) mass is 440 g/mol. The molecular weight excluding hydrogens is 427 g/mol. The Morgan fingerprint density at radius 3 is 2.30 bits per heavy atom. The molecule has 2 saturated heterocycles. The molecule has 2 bridgehead atoms. The molecule has 0 radical (unpaired) electrons. The Balaban J connectivity index is 2.06. The van der Waals surface area contributed by atoms with E-state index in [2.05, 4.69) is 0 Å². The van der Waals surface area contributed by atoms with Crippen molar-refractivity contribution in [2.45, 2.75) is 25.7 Å². The SMILES string of the molecule is Cc1ccc(C2OC3(c4ccc(Cl)cc4Cl)OC(=N)C(C#N)(C3C)C2(C#N)C#N)o1. The maximum Gasteiger partial charge on any atom is 0.245 e. The summed E-state index contributed by atoms with van der Waals surface area (Å²) in [6.45, 7) is 3.30. The van der Waals surface area contributed by atoms with Crippen molar-refractivity contribution in [3.05, 3.63) is 57.5 Å². The molecule has 4 unspecified atom stereocenters. The van der Waals surface area contributed by atoms with E-state index >= 15 is 0 Å². The number of hydrogen-bond donors (Lipinski definition) is 1. The number of ether oxygens (including phenoxy) is 2. The van der Waals surface area contributed by atoms with Crippen LogP contribution < -0.4 is 0 Å². The molecule has 0 saturated carbocycles. The third kappa shape index (κ3) is 2.19. The van der Waals surface area contributed by atoms with Gasteiger partial charge in [0.25, 0.3) is 0 Å². The minimum absolute atomic E-state index is 0.176. The topological polar surface area (TPSA) is 127 Å². The summed E-state index contributed by atoms with van der Waals surface area (Å²) < 4.78 is 17.8. The minimum atomic E-state index is -2.10. The van der Waals surface area contributed by atoms with Crippen LogP contribution in [-0.2, 0) is 15.3 Å². The van der Waals surface area contributed by atoms with E-state index < -0.39 is 34.5 Å². The first-order valence-corrected chi connectivity index (χ1v) is 9.69. The lowest BCUT2D eigenvalue weighted by atomic mass is 9.54. The van der Waals surface area contributed by atoms with E-state index in [0.29, 0.717) is 16.3 Å². The predicted octanol–water partition coefficient (Wildman–Crippen LogP) is 5.01. The molecule has 1 N–H and O–H groups in total. The molecular formula is C21H14Cl2N4O3. The highest BCUT2D eigenvalue weighted by Gasteiger charge is 2.80. The predicted molar refractivity (Wildman–Crippen MR) is 105 cm³/mol. The molecule has 0 spiro atoms. The molecule has 2 aliphatic heterocycles. The average molecular weight is 441 g/mol. The van der Waals surface area contributed by atoms with E-state index in [-0.39, 0.29) is 10.8 Å². The molecule has 4 atom stereocenters. The fourth-order valence-electron chi connectivity index (χ4n) is 4.46. The van der Waals surface area contributed by atoms with Crippen molar-refractivity contribution in [1.29, 1.82) is 21.2 Å². The summed E-state index contributed by atoms with van der Waals surface area (Å²) in [6.07, 6.45) is -1.31. The van der Waals surface area contributed by atoms with E-state index in [1.165, 1.54) is 6.07 Å². The third-order valence-corrected chi connectivity index (χ3v) is 6.54. The lowest BCUT2D eigenvalue weighted by Gasteiger charge is -2.48. The number of hydrogen-bond acceptors (Lipinski definition) is 7. The number of fused-ring (bicyclic) bond motifs is 2. The van der Waals surface area contributed by atoms with Crippen LogP contribution in [0.25, 0.3) is 0 Å². The zero-order chi connectivity index (χ0) is 21.9. The van der Waals surface area contributed by atoms with Crippen LogP contribution in [0.5, 0.6) is 0 Å². The van der Waals surface area contributed by atoms with Crippen molar-refractivity contribution in [2.75, 3.05) is 0 Å². The van der Waals surface area contributed by atoms with Gasteiger partial charge in [0, 0.05) is 10.6 Å². The summed E-state index contributed by atoms with van der Waals surface area (Å²) in [6, 6.07) is 13.8. The van der Waals surface area contributed by atoms with Crippen LogP contribution in [-0.4, -0.2) is 5.90 Å². The average Bonchev–Trinajstić information content (AvgIpc) is 3.20. The van der Waals surface area contributed by atoms with E-state index in [4.69, 9.17) is 42.5 Å². The van der Waals surface area contributed by atoms with Crippen LogP contribution >= 0.6 is 23.2 Å². The van der Waals surface area contributed by atoms with Gasteiger partial charge >= 0.3 is 0 Å². The largest absolute Gasteiger partial charge is 0.464 e. The lowest BCUT2D eigenvalue weighted by Crippen LogP contribution is -2.57. The Kier molecular flexibility index (Phi) is 4.38. The molecule has 1 aromatic carbocycles. The molecule has 4 rings (SSSR count). The Morgan fingerprint density at radius 1 is 1.07 bits per heavy atom. The van der Waals surface area contributed by atoms with Gasteiger partial charge in [0.15, 0.2) is 11.5 Å². The number of nitrogens with zero attached hydrogens (tertiary/aromatic N) is 3. The molecule has 9 heteroatoms. The molecule has 30 heavy (non-hydrogen) atoms. The van der Waals surface area contributed by atoms with Gasteiger partial charge in [0.2, 0.25) is 17.1 Å². The first-order valence-electron chi connectivity index (χ1n) is 8.94. The summed E-state index contributed by atoms with van der Waals surface area (Å²) in [5, 5.41) is 39.6. The summed E-state index contributed by atoms with van der Waals surface area (Å²) in [5.41, 5.74) is -3.69. The number of aryl methyl sites for hydroxylation is 1. The summed E-state index contributed by atoms with van der Waals surface area (Å²) in [7, 11) is 0. The summed E-state index contributed by atoms with van der Waals surface area (Å²) in [4.78, 5) is 0. The van der Waals surface area contributed by atoms with Gasteiger partial charge in [-0.3, -0.25) is 5.41 Å². The fourth-order valence-corrected chi connectivity index (χ4v) is 5.00. The quantitative estimate of drug-likeness (QED) is 0.698. The lowest BCUT2D eigenvalue weighted by molar-refractivity contribution is -0.292. The van der Waals surface area contributed by atoms with Crippen LogP contribution in [0.2, 0.25) is 10.0 Å². The highest BCUT2D eigenvalue weighted by atomic mass is 35.5. The summed E-state index contributed by atoms with van der Waals surface area (Å²) >= 11 is 12.5. The van der Waals surface area contributed by atoms with Gasteiger partial charge in [-0.25, -0.2) is 0 Å². The molecule has 2 fully saturated rings. The van der Waals surface area contributed by atoms with Gasteiger partial charge in [-0.2, -0.15) is 15.8 Å². The van der Waals surface area contributed by atoms with E-state index in [1.54, 1.807) is 38.1 Å². The van der Waals surface area contributed by atoms with E-state index in [0.717, 1.165) is 0 Å². The Hall–Kier alpha value is -3.02. The molecule has 150 valence electrons. The second-order valence-electron chi connectivity index (χ2n) is 7.34. The van der Waals surface area contributed by atoms with Crippen molar-refractivity contribution in [3.8, 4) is 18.2 Å². The van der Waals surface area contributed by atoms with Crippen molar-refractivity contribution >= 4 is 29.1 Å². The maximum absolute atomic E-state index is 10.2. The van der Waals surface area contributed by atoms with E-state index in [1.807, 2.05) is 18.2 Å². The molecule has 7 nitrogen and oxygen atoms in total. The first-order chi connectivity index (χ1) is 14.2.